The maximum atomic E-state index is 11.8. The van der Waals surface area contributed by atoms with Crippen LogP contribution in [0.15, 0.2) is 5.10 Å². The molecule has 0 radical (unpaired) electrons. The molecule has 0 spiro atoms. The van der Waals surface area contributed by atoms with Crippen LogP contribution in [0.4, 0.5) is 4.79 Å². The zero-order valence-electron chi connectivity index (χ0n) is 11.2. The Balaban J connectivity index is 2.52. The van der Waals surface area contributed by atoms with E-state index < -0.39 is 0 Å². The van der Waals surface area contributed by atoms with Gasteiger partial charge >= 0.3 is 6.03 Å². The molecule has 0 aromatic heterocycles. The number of ether oxygens (including phenoxy) is 1. The van der Waals surface area contributed by atoms with Gasteiger partial charge in [-0.05, 0) is 11.8 Å². The van der Waals surface area contributed by atoms with Crippen LogP contribution in [0.5, 0.6) is 0 Å². The van der Waals surface area contributed by atoms with Crippen molar-refractivity contribution in [2.75, 3.05) is 26.3 Å². The second-order valence-corrected chi connectivity index (χ2v) is 4.86. The Labute approximate surface area is 103 Å². The SMILES string of the molecule is CC(C)C(=NNC(=O)N1CCOCC1)C(C)C. The summed E-state index contributed by atoms with van der Waals surface area (Å²) in [5.74, 6) is 0.694. The van der Waals surface area contributed by atoms with Gasteiger partial charge in [0.25, 0.3) is 0 Å². The highest BCUT2D eigenvalue weighted by Gasteiger charge is 2.17. The van der Waals surface area contributed by atoms with Gasteiger partial charge in [-0.1, -0.05) is 27.7 Å². The van der Waals surface area contributed by atoms with E-state index in [0.717, 1.165) is 5.71 Å². The first-order valence-corrected chi connectivity index (χ1v) is 6.22. The molecule has 1 aliphatic heterocycles. The van der Waals surface area contributed by atoms with Crippen molar-refractivity contribution in [1.29, 1.82) is 0 Å². The lowest BCUT2D eigenvalue weighted by atomic mass is 9.98. The number of morpholine rings is 1. The zero-order valence-corrected chi connectivity index (χ0v) is 11.2. The molecule has 0 aromatic rings. The number of hydrogen-bond acceptors (Lipinski definition) is 3. The number of hydrazone groups is 1. The van der Waals surface area contributed by atoms with E-state index in [1.807, 2.05) is 0 Å². The highest BCUT2D eigenvalue weighted by molar-refractivity contribution is 5.89. The number of urea groups is 1. The third kappa shape index (κ3) is 4.34. The van der Waals surface area contributed by atoms with Crippen LogP contribution in [-0.4, -0.2) is 42.9 Å². The number of amides is 2. The summed E-state index contributed by atoms with van der Waals surface area (Å²) in [5.41, 5.74) is 3.65. The van der Waals surface area contributed by atoms with Crippen LogP contribution in [0.25, 0.3) is 0 Å². The van der Waals surface area contributed by atoms with Crippen LogP contribution in [0.1, 0.15) is 27.7 Å². The lowest BCUT2D eigenvalue weighted by Gasteiger charge is -2.26. The zero-order chi connectivity index (χ0) is 12.8. The topological polar surface area (TPSA) is 53.9 Å². The summed E-state index contributed by atoms with van der Waals surface area (Å²) in [4.78, 5) is 13.5. The molecule has 98 valence electrons. The Morgan fingerprint density at radius 3 is 2.18 bits per heavy atom. The second kappa shape index (κ2) is 6.59. The smallest absolute Gasteiger partial charge is 0.337 e. The maximum Gasteiger partial charge on any atom is 0.337 e. The predicted molar refractivity (Wildman–Crippen MR) is 68.0 cm³/mol. The molecular formula is C12H23N3O2. The second-order valence-electron chi connectivity index (χ2n) is 4.86. The normalized spacial score (nSPS) is 16.2. The number of rotatable bonds is 3. The fourth-order valence-electron chi connectivity index (χ4n) is 1.87. The lowest BCUT2D eigenvalue weighted by Crippen LogP contribution is -2.45. The van der Waals surface area contributed by atoms with Gasteiger partial charge in [0.1, 0.15) is 0 Å². The van der Waals surface area contributed by atoms with E-state index >= 15 is 0 Å². The van der Waals surface area contributed by atoms with Crippen molar-refractivity contribution < 1.29 is 9.53 Å². The fourth-order valence-corrected chi connectivity index (χ4v) is 1.87. The quantitative estimate of drug-likeness (QED) is 0.604. The number of carbonyl (C=O) groups excluding carboxylic acids is 1. The van der Waals surface area contributed by atoms with E-state index in [1.165, 1.54) is 0 Å². The highest BCUT2D eigenvalue weighted by atomic mass is 16.5. The molecule has 0 aromatic carbocycles. The summed E-state index contributed by atoms with van der Waals surface area (Å²) in [6, 6.07) is -0.132. The molecule has 1 N–H and O–H groups in total. The van der Waals surface area contributed by atoms with E-state index in [9.17, 15) is 4.79 Å². The van der Waals surface area contributed by atoms with E-state index in [0.29, 0.717) is 38.1 Å². The Bertz CT molecular complexity index is 271. The Morgan fingerprint density at radius 1 is 1.18 bits per heavy atom. The van der Waals surface area contributed by atoms with Gasteiger partial charge in [0.05, 0.1) is 13.2 Å². The Hall–Kier alpha value is -1.10. The fraction of sp³-hybridized carbons (Fsp3) is 0.833. The third-order valence-electron chi connectivity index (χ3n) is 2.76. The first-order valence-electron chi connectivity index (χ1n) is 6.22. The highest BCUT2D eigenvalue weighted by Crippen LogP contribution is 2.07. The standard InChI is InChI=1S/C12H23N3O2/c1-9(2)11(10(3)4)13-14-12(16)15-5-7-17-8-6-15/h9-10H,5-8H2,1-4H3,(H,14,16). The molecule has 0 aliphatic carbocycles. The number of carbonyl (C=O) groups is 1. The third-order valence-corrected chi connectivity index (χ3v) is 2.76. The van der Waals surface area contributed by atoms with Crippen LogP contribution < -0.4 is 5.43 Å². The number of nitrogens with one attached hydrogen (secondary N) is 1. The molecule has 0 atom stereocenters. The van der Waals surface area contributed by atoms with E-state index in [4.69, 9.17) is 4.74 Å². The van der Waals surface area contributed by atoms with E-state index in [-0.39, 0.29) is 6.03 Å². The van der Waals surface area contributed by atoms with Crippen molar-refractivity contribution >= 4 is 11.7 Å². The van der Waals surface area contributed by atoms with Crippen molar-refractivity contribution in [1.82, 2.24) is 10.3 Å². The molecule has 17 heavy (non-hydrogen) atoms. The van der Waals surface area contributed by atoms with Gasteiger partial charge in [0, 0.05) is 18.8 Å². The Morgan fingerprint density at radius 2 is 1.71 bits per heavy atom. The van der Waals surface area contributed by atoms with E-state index in [2.05, 4.69) is 38.2 Å². The van der Waals surface area contributed by atoms with Crippen LogP contribution >= 0.6 is 0 Å². The molecule has 1 aliphatic rings. The summed E-state index contributed by atoms with van der Waals surface area (Å²) in [5, 5.41) is 4.23. The largest absolute Gasteiger partial charge is 0.378 e. The van der Waals surface area contributed by atoms with Gasteiger partial charge in [0.2, 0.25) is 0 Å². The molecule has 0 bridgehead atoms. The molecule has 0 saturated carbocycles. The molecular weight excluding hydrogens is 218 g/mol. The van der Waals surface area contributed by atoms with Crippen LogP contribution in [-0.2, 0) is 4.74 Å². The van der Waals surface area contributed by atoms with Gasteiger partial charge < -0.3 is 9.64 Å². The maximum absolute atomic E-state index is 11.8. The number of nitrogens with zero attached hydrogens (tertiary/aromatic N) is 2. The minimum Gasteiger partial charge on any atom is -0.378 e. The summed E-state index contributed by atoms with van der Waals surface area (Å²) in [6.07, 6.45) is 0. The van der Waals surface area contributed by atoms with Crippen molar-refractivity contribution in [3.8, 4) is 0 Å². The predicted octanol–water partition coefficient (Wildman–Crippen LogP) is 1.70. The summed E-state index contributed by atoms with van der Waals surface area (Å²) < 4.78 is 5.19. The molecule has 5 nitrogen and oxygen atoms in total. The minimum atomic E-state index is -0.132. The first kappa shape index (κ1) is 14.0. The van der Waals surface area contributed by atoms with E-state index in [1.54, 1.807) is 4.90 Å². The number of hydrogen-bond donors (Lipinski definition) is 1. The minimum absolute atomic E-state index is 0.132. The lowest BCUT2D eigenvalue weighted by molar-refractivity contribution is 0.0533. The Kier molecular flexibility index (Phi) is 5.41. The molecule has 0 unspecified atom stereocenters. The average molecular weight is 241 g/mol. The van der Waals surface area contributed by atoms with Crippen LogP contribution in [0.2, 0.25) is 0 Å². The molecule has 1 fully saturated rings. The summed E-state index contributed by atoms with van der Waals surface area (Å²) in [7, 11) is 0. The molecule has 2 amide bonds. The molecule has 1 heterocycles. The van der Waals surface area contributed by atoms with Crippen molar-refractivity contribution in [3.05, 3.63) is 0 Å². The van der Waals surface area contributed by atoms with Crippen LogP contribution in [0.3, 0.4) is 0 Å². The molecule has 1 saturated heterocycles. The van der Waals surface area contributed by atoms with Crippen molar-refractivity contribution in [3.63, 3.8) is 0 Å². The molecule has 5 heteroatoms. The van der Waals surface area contributed by atoms with Crippen molar-refractivity contribution in [2.24, 2.45) is 16.9 Å². The van der Waals surface area contributed by atoms with Gasteiger partial charge in [0.15, 0.2) is 0 Å². The van der Waals surface area contributed by atoms with Gasteiger partial charge in [-0.3, -0.25) is 0 Å². The molecule has 1 rings (SSSR count). The first-order chi connectivity index (χ1) is 8.02. The van der Waals surface area contributed by atoms with Gasteiger partial charge in [-0.25, -0.2) is 10.2 Å². The van der Waals surface area contributed by atoms with Crippen molar-refractivity contribution in [2.45, 2.75) is 27.7 Å². The van der Waals surface area contributed by atoms with Gasteiger partial charge in [-0.2, -0.15) is 5.10 Å². The summed E-state index contributed by atoms with van der Waals surface area (Å²) >= 11 is 0. The monoisotopic (exact) mass is 241 g/mol. The average Bonchev–Trinajstić information content (AvgIpc) is 2.29. The van der Waals surface area contributed by atoms with Crippen LogP contribution in [0, 0.1) is 11.8 Å². The summed E-state index contributed by atoms with van der Waals surface area (Å²) in [6.45, 7) is 10.8. The van der Waals surface area contributed by atoms with Gasteiger partial charge in [-0.15, -0.1) is 0 Å².